The molecule has 3 aromatic rings. The van der Waals surface area contributed by atoms with Crippen molar-refractivity contribution in [2.45, 2.75) is 45.2 Å². The molecule has 1 atom stereocenters. The highest BCUT2D eigenvalue weighted by molar-refractivity contribution is 7.10. The molecule has 0 saturated heterocycles. The number of carbonyl (C=O) groups excluding carboxylic acids is 2. The van der Waals surface area contributed by atoms with Gasteiger partial charge in [-0.25, -0.2) is 4.39 Å². The summed E-state index contributed by atoms with van der Waals surface area (Å²) >= 11 is 1.71. The van der Waals surface area contributed by atoms with Gasteiger partial charge in [0.15, 0.2) is 0 Å². The molecule has 1 aromatic heterocycles. The molecule has 7 heteroatoms. The smallest absolute Gasteiger partial charge is 0.254 e. The lowest BCUT2D eigenvalue weighted by molar-refractivity contribution is -0.135. The fourth-order valence-corrected chi connectivity index (χ4v) is 5.71. The zero-order valence-corrected chi connectivity index (χ0v) is 20.8. The van der Waals surface area contributed by atoms with Crippen LogP contribution in [0.2, 0.25) is 0 Å². The second-order valence-corrected chi connectivity index (χ2v) is 10.4. The van der Waals surface area contributed by atoms with Gasteiger partial charge in [0, 0.05) is 23.0 Å². The van der Waals surface area contributed by atoms with Gasteiger partial charge in [0.05, 0.1) is 6.04 Å². The largest absolute Gasteiger partial charge is 0.491 e. The van der Waals surface area contributed by atoms with E-state index >= 15 is 0 Å². The Labute approximate surface area is 209 Å². The number of ether oxygens (including phenoxy) is 1. The maximum Gasteiger partial charge on any atom is 0.254 e. The van der Waals surface area contributed by atoms with Crippen molar-refractivity contribution in [1.82, 2.24) is 9.80 Å². The number of aryl methyl sites for hydroxylation is 2. The van der Waals surface area contributed by atoms with Gasteiger partial charge in [0.25, 0.3) is 5.91 Å². The molecule has 0 spiro atoms. The molecule has 182 valence electrons. The summed E-state index contributed by atoms with van der Waals surface area (Å²) in [6.07, 6.45) is 2.52. The van der Waals surface area contributed by atoms with Crippen molar-refractivity contribution in [2.24, 2.45) is 0 Å². The van der Waals surface area contributed by atoms with Crippen LogP contribution in [0, 0.1) is 19.7 Å². The van der Waals surface area contributed by atoms with Gasteiger partial charge in [-0.05, 0) is 79.9 Å². The van der Waals surface area contributed by atoms with Crippen molar-refractivity contribution in [1.29, 1.82) is 0 Å². The van der Waals surface area contributed by atoms with E-state index in [2.05, 4.69) is 17.5 Å². The predicted octanol–water partition coefficient (Wildman–Crippen LogP) is 5.31. The van der Waals surface area contributed by atoms with Crippen LogP contribution in [0.3, 0.4) is 0 Å². The molecule has 2 aromatic carbocycles. The highest BCUT2D eigenvalue weighted by Crippen LogP contribution is 2.35. The number of hydrogen-bond donors (Lipinski definition) is 0. The van der Waals surface area contributed by atoms with Gasteiger partial charge in [-0.2, -0.15) is 0 Å². The second-order valence-electron chi connectivity index (χ2n) is 9.41. The Morgan fingerprint density at radius 1 is 1.14 bits per heavy atom. The van der Waals surface area contributed by atoms with Crippen molar-refractivity contribution in [3.63, 3.8) is 0 Å². The minimum atomic E-state index is -0.456. The Kier molecular flexibility index (Phi) is 6.60. The van der Waals surface area contributed by atoms with Gasteiger partial charge in [0.2, 0.25) is 5.91 Å². The summed E-state index contributed by atoms with van der Waals surface area (Å²) in [5, 5.41) is 2.06. The molecule has 2 amide bonds. The van der Waals surface area contributed by atoms with Gasteiger partial charge >= 0.3 is 0 Å². The van der Waals surface area contributed by atoms with Gasteiger partial charge < -0.3 is 14.5 Å². The lowest BCUT2D eigenvalue weighted by atomic mass is 10.00. The fourth-order valence-electron chi connectivity index (χ4n) is 4.78. The zero-order valence-electron chi connectivity index (χ0n) is 20.0. The summed E-state index contributed by atoms with van der Waals surface area (Å²) < 4.78 is 20.0. The zero-order chi connectivity index (χ0) is 24.5. The number of hydrogen-bond acceptors (Lipinski definition) is 4. The van der Waals surface area contributed by atoms with E-state index in [1.807, 2.05) is 30.9 Å². The Bertz CT molecular complexity index is 1250. The molecule has 1 fully saturated rings. The van der Waals surface area contributed by atoms with Gasteiger partial charge in [-0.3, -0.25) is 9.59 Å². The van der Waals surface area contributed by atoms with E-state index < -0.39 is 5.82 Å². The molecule has 1 saturated carbocycles. The monoisotopic (exact) mass is 492 g/mol. The van der Waals surface area contributed by atoms with E-state index in [0.29, 0.717) is 13.2 Å². The highest BCUT2D eigenvalue weighted by atomic mass is 32.1. The number of thiophene rings is 1. The summed E-state index contributed by atoms with van der Waals surface area (Å²) in [5.41, 5.74) is 3.63. The predicted molar refractivity (Wildman–Crippen MR) is 134 cm³/mol. The third-order valence-electron chi connectivity index (χ3n) is 6.77. The van der Waals surface area contributed by atoms with Crippen LogP contribution >= 0.6 is 11.3 Å². The van der Waals surface area contributed by atoms with Crippen molar-refractivity contribution in [3.05, 3.63) is 86.9 Å². The Hall–Kier alpha value is -3.19. The maximum atomic E-state index is 13.7. The number of halogens is 1. The third-order valence-corrected chi connectivity index (χ3v) is 7.76. The molecule has 1 aliphatic carbocycles. The van der Waals surface area contributed by atoms with Crippen molar-refractivity contribution in [3.8, 4) is 5.75 Å². The molecule has 1 aliphatic heterocycles. The van der Waals surface area contributed by atoms with Crippen LogP contribution in [0.4, 0.5) is 4.39 Å². The van der Waals surface area contributed by atoms with Gasteiger partial charge in [-0.15, -0.1) is 11.3 Å². The van der Waals surface area contributed by atoms with Crippen LogP contribution < -0.4 is 4.74 Å². The average molecular weight is 493 g/mol. The lowest BCUT2D eigenvalue weighted by Gasteiger charge is -2.37. The van der Waals surface area contributed by atoms with E-state index in [1.54, 1.807) is 22.3 Å². The van der Waals surface area contributed by atoms with Crippen LogP contribution in [0.1, 0.15) is 50.8 Å². The van der Waals surface area contributed by atoms with E-state index in [-0.39, 0.29) is 36.0 Å². The molecule has 2 aliphatic rings. The van der Waals surface area contributed by atoms with Gasteiger partial charge in [-0.1, -0.05) is 23.8 Å². The minimum absolute atomic E-state index is 0.0143. The summed E-state index contributed by atoms with van der Waals surface area (Å²) in [5.74, 6) is -0.0433. The molecular weight excluding hydrogens is 463 g/mol. The fraction of sp³-hybridized carbons (Fsp3) is 0.357. The number of carbonyl (C=O) groups is 2. The summed E-state index contributed by atoms with van der Waals surface area (Å²) in [6, 6.07) is 13.6. The van der Waals surface area contributed by atoms with E-state index in [9.17, 15) is 14.0 Å². The number of fused-ring (bicyclic) bond motifs is 1. The van der Waals surface area contributed by atoms with E-state index in [4.69, 9.17) is 4.74 Å². The molecule has 5 rings (SSSR count). The molecule has 0 N–H and O–H groups in total. The van der Waals surface area contributed by atoms with Crippen molar-refractivity contribution >= 4 is 23.2 Å². The molecule has 2 heterocycles. The highest BCUT2D eigenvalue weighted by Gasteiger charge is 2.38. The van der Waals surface area contributed by atoms with Crippen LogP contribution in [-0.2, 0) is 11.2 Å². The van der Waals surface area contributed by atoms with Crippen LogP contribution in [0.25, 0.3) is 0 Å². The average Bonchev–Trinajstić information content (AvgIpc) is 3.57. The number of amides is 2. The Morgan fingerprint density at radius 3 is 2.71 bits per heavy atom. The molecule has 0 bridgehead atoms. The van der Waals surface area contributed by atoms with Crippen LogP contribution in [0.15, 0.2) is 53.9 Å². The van der Waals surface area contributed by atoms with Gasteiger partial charge in [0.1, 0.15) is 24.7 Å². The van der Waals surface area contributed by atoms with Crippen molar-refractivity contribution in [2.75, 3.05) is 19.7 Å². The Balaban J connectivity index is 1.35. The first-order valence-electron chi connectivity index (χ1n) is 12.0. The lowest BCUT2D eigenvalue weighted by Crippen LogP contribution is -2.48. The summed E-state index contributed by atoms with van der Waals surface area (Å²) in [4.78, 5) is 31.5. The molecular formula is C28H29FN2O3S. The second kappa shape index (κ2) is 9.82. The standard InChI is InChI=1S/C28H29FN2O3S/c1-18-6-9-25(19(2)14-18)34-17-24-23-11-13-35-26(23)10-12-30(24)27(32)16-31(22-7-8-22)28(33)20-4-3-5-21(29)15-20/h3-6,9,11,13-15,22,24H,7-8,10,12,16-17H2,1-2H3/t24-/m1/s1. The normalized spacial score (nSPS) is 17.1. The first-order chi connectivity index (χ1) is 16.9. The third kappa shape index (κ3) is 5.10. The SMILES string of the molecule is Cc1ccc(OC[C@@H]2c3ccsc3CCN2C(=O)CN(C(=O)c2cccc(F)c2)C2CC2)c(C)c1. The maximum absolute atomic E-state index is 13.7. The first kappa shape index (κ1) is 23.5. The summed E-state index contributed by atoms with van der Waals surface area (Å²) in [7, 11) is 0. The number of benzene rings is 2. The van der Waals surface area contributed by atoms with E-state index in [0.717, 1.165) is 36.1 Å². The number of nitrogens with zero attached hydrogens (tertiary/aromatic N) is 2. The topological polar surface area (TPSA) is 49.9 Å². The van der Waals surface area contributed by atoms with Crippen molar-refractivity contribution < 1.29 is 18.7 Å². The molecule has 5 nitrogen and oxygen atoms in total. The quantitative estimate of drug-likeness (QED) is 0.449. The molecule has 0 radical (unpaired) electrons. The van der Waals surface area contributed by atoms with Crippen LogP contribution in [0.5, 0.6) is 5.75 Å². The Morgan fingerprint density at radius 2 is 1.97 bits per heavy atom. The van der Waals surface area contributed by atoms with E-state index in [1.165, 1.54) is 28.6 Å². The summed E-state index contributed by atoms with van der Waals surface area (Å²) in [6.45, 7) is 4.99. The molecule has 35 heavy (non-hydrogen) atoms. The molecule has 0 unspecified atom stereocenters. The van der Waals surface area contributed by atoms with Crippen LogP contribution in [-0.4, -0.2) is 47.4 Å². The minimum Gasteiger partial charge on any atom is -0.491 e. The first-order valence-corrected chi connectivity index (χ1v) is 12.9. The number of rotatable bonds is 7.